The van der Waals surface area contributed by atoms with Crippen molar-refractivity contribution in [3.05, 3.63) is 30.3 Å². The predicted octanol–water partition coefficient (Wildman–Crippen LogP) is -2.64. The smallest absolute Gasteiger partial charge is 0.328 e. The maximum atomic E-state index is 11.2. The standard InChI is InChI=1S/C11H30O6Si7/c1-20(2)16-23(4,5)17-24(19-13,15-18-12)22(14)21(3)11-9-7-6-8-10-11/h6-10,12-14,20-22H,18-19H2,1-5H3. The lowest BCUT2D eigenvalue weighted by Crippen LogP contribution is -2.73. The summed E-state index contributed by atoms with van der Waals surface area (Å²) in [6, 6.07) is 9.95. The summed E-state index contributed by atoms with van der Waals surface area (Å²) in [6.45, 7) is 10.1. The third kappa shape index (κ3) is 6.34. The van der Waals surface area contributed by atoms with Gasteiger partial charge in [0.1, 0.15) is 0 Å². The second kappa shape index (κ2) is 9.99. The molecule has 0 aromatic heterocycles. The van der Waals surface area contributed by atoms with Crippen LogP contribution in [0.3, 0.4) is 0 Å². The molecule has 0 heterocycles. The summed E-state index contributed by atoms with van der Waals surface area (Å²) in [6.07, 6.45) is 0. The third-order valence-corrected chi connectivity index (χ3v) is 49.9. The van der Waals surface area contributed by atoms with Crippen molar-refractivity contribution in [2.75, 3.05) is 0 Å². The quantitative estimate of drug-likeness (QED) is 0.335. The van der Waals surface area contributed by atoms with Crippen molar-refractivity contribution in [2.45, 2.75) is 32.7 Å². The van der Waals surface area contributed by atoms with Crippen molar-refractivity contribution in [1.82, 2.24) is 0 Å². The highest BCUT2D eigenvalue weighted by Gasteiger charge is 2.53. The van der Waals surface area contributed by atoms with Gasteiger partial charge in [-0.2, -0.15) is 0 Å². The van der Waals surface area contributed by atoms with Gasteiger partial charge in [-0.25, -0.2) is 0 Å². The van der Waals surface area contributed by atoms with Crippen LogP contribution >= 0.6 is 0 Å². The molecule has 0 bridgehead atoms. The Kier molecular flexibility index (Phi) is 9.39. The van der Waals surface area contributed by atoms with Gasteiger partial charge in [0.05, 0.1) is 8.31 Å². The van der Waals surface area contributed by atoms with Crippen molar-refractivity contribution in [3.8, 4) is 0 Å². The van der Waals surface area contributed by atoms with Crippen molar-refractivity contribution < 1.29 is 26.7 Å². The second-order valence-electron chi connectivity index (χ2n) is 6.56. The third-order valence-electron chi connectivity index (χ3n) is 3.72. The average molecular weight is 455 g/mol. The molecule has 138 valence electrons. The van der Waals surface area contributed by atoms with Gasteiger partial charge in [-0.3, -0.25) is 0 Å². The van der Waals surface area contributed by atoms with Crippen LogP contribution in [0.25, 0.3) is 0 Å². The first-order valence-electron chi connectivity index (χ1n) is 8.14. The largest absolute Gasteiger partial charge is 0.440 e. The Morgan fingerprint density at radius 2 is 1.62 bits per heavy atom. The Hall–Kier alpha value is 0.498. The average Bonchev–Trinajstić information content (AvgIpc) is 2.52. The molecule has 0 fully saturated rings. The van der Waals surface area contributed by atoms with Crippen molar-refractivity contribution in [3.63, 3.8) is 0 Å². The van der Waals surface area contributed by atoms with Crippen molar-refractivity contribution in [1.29, 1.82) is 0 Å². The fourth-order valence-corrected chi connectivity index (χ4v) is 59.8. The Labute approximate surface area is 155 Å². The summed E-state index contributed by atoms with van der Waals surface area (Å²) < 4.78 is 18.1. The molecule has 6 nitrogen and oxygen atoms in total. The summed E-state index contributed by atoms with van der Waals surface area (Å²) in [5.74, 6) is 0. The lowest BCUT2D eigenvalue weighted by molar-refractivity contribution is 0.335. The lowest BCUT2D eigenvalue weighted by Gasteiger charge is -2.40. The molecule has 0 saturated carbocycles. The zero-order valence-electron chi connectivity index (χ0n) is 15.1. The first kappa shape index (κ1) is 22.5. The lowest BCUT2D eigenvalue weighted by atomic mass is 10.4. The van der Waals surface area contributed by atoms with E-state index in [1.54, 1.807) is 0 Å². The van der Waals surface area contributed by atoms with Gasteiger partial charge in [-0.15, -0.1) is 0 Å². The number of benzene rings is 1. The summed E-state index contributed by atoms with van der Waals surface area (Å²) in [5.41, 5.74) is 0. The Morgan fingerprint density at radius 1 is 1.04 bits per heavy atom. The maximum Gasteiger partial charge on any atom is 0.328 e. The molecule has 1 aromatic carbocycles. The molecule has 3 atom stereocenters. The van der Waals surface area contributed by atoms with Crippen LogP contribution in [-0.2, 0) is 12.3 Å². The van der Waals surface area contributed by atoms with Gasteiger partial charge in [-0.1, -0.05) is 42.1 Å². The summed E-state index contributed by atoms with van der Waals surface area (Å²) >= 11 is 0. The predicted molar refractivity (Wildman–Crippen MR) is 115 cm³/mol. The first-order chi connectivity index (χ1) is 11.2. The number of hydrogen-bond donors (Lipinski definition) is 3. The van der Waals surface area contributed by atoms with Gasteiger partial charge >= 0.3 is 16.2 Å². The van der Waals surface area contributed by atoms with E-state index in [2.05, 4.69) is 19.6 Å². The topological polar surface area (TPSA) is 88.4 Å². The Balaban J connectivity index is 3.09. The van der Waals surface area contributed by atoms with Crippen molar-refractivity contribution in [2.24, 2.45) is 0 Å². The van der Waals surface area contributed by atoms with Crippen LogP contribution in [0.15, 0.2) is 30.3 Å². The molecule has 0 aliphatic rings. The zero-order valence-corrected chi connectivity index (χ0v) is 23.4. The van der Waals surface area contributed by atoms with Gasteiger partial charge in [0.2, 0.25) is 17.4 Å². The molecule has 3 N–H and O–H groups in total. The van der Waals surface area contributed by atoms with Gasteiger partial charge < -0.3 is 26.7 Å². The van der Waals surface area contributed by atoms with E-state index >= 15 is 0 Å². The summed E-state index contributed by atoms with van der Waals surface area (Å²) in [5, 5.41) is 1.15. The molecular formula is C11H30O6Si7. The molecule has 0 amide bonds. The van der Waals surface area contributed by atoms with E-state index in [0.717, 1.165) is 5.19 Å². The highest BCUT2D eigenvalue weighted by molar-refractivity contribution is 7.65. The van der Waals surface area contributed by atoms with Crippen LogP contribution in [-0.4, -0.2) is 75.3 Å². The Bertz CT molecular complexity index is 493. The van der Waals surface area contributed by atoms with Crippen molar-refractivity contribution >= 4 is 66.1 Å². The molecule has 0 spiro atoms. The van der Waals surface area contributed by atoms with E-state index in [1.807, 2.05) is 43.4 Å². The highest BCUT2D eigenvalue weighted by atomic mass is 29.8. The molecule has 13 heteroatoms. The van der Waals surface area contributed by atoms with Crippen LogP contribution < -0.4 is 5.19 Å². The molecule has 24 heavy (non-hydrogen) atoms. The minimum absolute atomic E-state index is 1.15. The minimum atomic E-state index is -3.10. The van der Waals surface area contributed by atoms with Gasteiger partial charge in [0.15, 0.2) is 9.04 Å². The van der Waals surface area contributed by atoms with Gasteiger partial charge in [0, 0.05) is 0 Å². The van der Waals surface area contributed by atoms with E-state index in [9.17, 15) is 14.4 Å². The minimum Gasteiger partial charge on any atom is -0.440 e. The SMILES string of the molecule is C[SiH](C)O[Si](C)(C)O[Si](O[SiH2]O)([SiH2]O)[SiH](O)[SiH](C)c1ccccc1. The molecule has 3 unspecified atom stereocenters. The molecular weight excluding hydrogens is 425 g/mol. The zero-order chi connectivity index (χ0) is 18.4. The molecule has 0 aliphatic heterocycles. The van der Waals surface area contributed by atoms with E-state index < -0.39 is 60.9 Å². The normalized spacial score (nSPS) is 18.5. The fourth-order valence-electron chi connectivity index (χ4n) is 2.78. The first-order valence-corrected chi connectivity index (χ1v) is 26.4. The number of rotatable bonds is 10. The van der Waals surface area contributed by atoms with E-state index in [0.29, 0.717) is 0 Å². The van der Waals surface area contributed by atoms with Crippen LogP contribution in [0, 0.1) is 0 Å². The monoisotopic (exact) mass is 454 g/mol. The molecule has 0 aliphatic carbocycles. The van der Waals surface area contributed by atoms with Crippen LogP contribution in [0.1, 0.15) is 0 Å². The van der Waals surface area contributed by atoms with Crippen LogP contribution in [0.5, 0.6) is 0 Å². The van der Waals surface area contributed by atoms with Crippen LogP contribution in [0.2, 0.25) is 32.7 Å². The molecule has 0 saturated heterocycles. The highest BCUT2D eigenvalue weighted by Crippen LogP contribution is 2.19. The van der Waals surface area contributed by atoms with Gasteiger partial charge in [-0.05, 0) is 26.2 Å². The Morgan fingerprint density at radius 3 is 2.08 bits per heavy atom. The van der Waals surface area contributed by atoms with E-state index in [1.165, 1.54) is 0 Å². The van der Waals surface area contributed by atoms with E-state index in [-0.39, 0.29) is 0 Å². The maximum absolute atomic E-state index is 11.2. The summed E-state index contributed by atoms with van der Waals surface area (Å²) in [7, 11) is -14.5. The molecule has 1 aromatic rings. The summed E-state index contributed by atoms with van der Waals surface area (Å²) in [4.78, 5) is 30.9. The van der Waals surface area contributed by atoms with Crippen LogP contribution in [0.4, 0.5) is 0 Å². The molecule has 1 rings (SSSR count). The molecule has 0 radical (unpaired) electrons. The van der Waals surface area contributed by atoms with Gasteiger partial charge in [0.25, 0.3) is 10.0 Å². The fraction of sp³-hybridized carbons (Fsp3) is 0.455. The number of hydrogen-bond acceptors (Lipinski definition) is 6. The van der Waals surface area contributed by atoms with E-state index in [4.69, 9.17) is 12.3 Å². The second-order valence-corrected chi connectivity index (χ2v) is 37.4.